The largest absolute Gasteiger partial charge is 0.465 e. The average molecular weight is 193 g/mol. The molecule has 4 nitrogen and oxygen atoms in total. The molecular weight excluding hydrogens is 182 g/mol. The lowest BCUT2D eigenvalue weighted by Crippen LogP contribution is -2.35. The number of hydrogen-bond donors (Lipinski definition) is 2. The third-order valence-electron chi connectivity index (χ3n) is 2.44. The van der Waals surface area contributed by atoms with E-state index in [1.54, 1.807) is 24.3 Å². The van der Waals surface area contributed by atoms with Crippen LogP contribution in [0, 0.1) is 0 Å². The van der Waals surface area contributed by atoms with Gasteiger partial charge in [0.1, 0.15) is 0 Å². The summed E-state index contributed by atoms with van der Waals surface area (Å²) in [6.45, 7) is 0.355. The van der Waals surface area contributed by atoms with Gasteiger partial charge in [0.25, 0.3) is 0 Å². The van der Waals surface area contributed by atoms with E-state index < -0.39 is 12.2 Å². The second-order valence-electron chi connectivity index (χ2n) is 3.30. The smallest absolute Gasteiger partial charge is 0.411 e. The van der Waals surface area contributed by atoms with Crippen LogP contribution in [0.5, 0.6) is 0 Å². The molecule has 1 aromatic carbocycles. The number of fused-ring (bicyclic) bond motifs is 1. The summed E-state index contributed by atoms with van der Waals surface area (Å²) in [7, 11) is 0. The Labute approximate surface area is 81.4 Å². The molecule has 0 saturated heterocycles. The Balaban J connectivity index is 2.46. The summed E-state index contributed by atoms with van der Waals surface area (Å²) < 4.78 is 0. The van der Waals surface area contributed by atoms with Crippen LogP contribution in [0.4, 0.5) is 10.5 Å². The van der Waals surface area contributed by atoms with Gasteiger partial charge in [-0.25, -0.2) is 4.79 Å². The number of carboxylic acid groups (broad SMARTS) is 1. The lowest BCUT2D eigenvalue weighted by Gasteiger charge is -2.29. The van der Waals surface area contributed by atoms with E-state index in [1.165, 1.54) is 4.90 Å². The molecule has 0 aliphatic carbocycles. The van der Waals surface area contributed by atoms with E-state index in [-0.39, 0.29) is 0 Å². The molecule has 1 aliphatic rings. The highest BCUT2D eigenvalue weighted by Crippen LogP contribution is 2.33. The monoisotopic (exact) mass is 193 g/mol. The van der Waals surface area contributed by atoms with Gasteiger partial charge in [-0.05, 0) is 12.5 Å². The Morgan fingerprint density at radius 3 is 2.86 bits per heavy atom. The van der Waals surface area contributed by atoms with E-state index in [2.05, 4.69) is 0 Å². The molecule has 1 atom stereocenters. The van der Waals surface area contributed by atoms with Crippen molar-refractivity contribution in [3.05, 3.63) is 29.8 Å². The first-order valence-corrected chi connectivity index (χ1v) is 4.47. The maximum Gasteiger partial charge on any atom is 0.411 e. The van der Waals surface area contributed by atoms with E-state index in [0.717, 1.165) is 0 Å². The highest BCUT2D eigenvalue weighted by Gasteiger charge is 2.26. The van der Waals surface area contributed by atoms with E-state index >= 15 is 0 Å². The summed E-state index contributed by atoms with van der Waals surface area (Å²) in [5.41, 5.74) is 1.29. The molecule has 2 N–H and O–H groups in total. The topological polar surface area (TPSA) is 60.8 Å². The number of anilines is 1. The maximum atomic E-state index is 10.9. The van der Waals surface area contributed by atoms with E-state index in [0.29, 0.717) is 24.2 Å². The molecule has 0 bridgehead atoms. The Hall–Kier alpha value is -1.55. The van der Waals surface area contributed by atoms with Crippen LogP contribution in [0.25, 0.3) is 0 Å². The third-order valence-corrected chi connectivity index (χ3v) is 2.44. The maximum absolute atomic E-state index is 10.9. The molecule has 0 radical (unpaired) electrons. The second-order valence-corrected chi connectivity index (χ2v) is 3.30. The van der Waals surface area contributed by atoms with Crippen molar-refractivity contribution in [2.45, 2.75) is 12.5 Å². The van der Waals surface area contributed by atoms with Crippen LogP contribution in [0.1, 0.15) is 18.1 Å². The third kappa shape index (κ3) is 1.33. The highest BCUT2D eigenvalue weighted by atomic mass is 16.4. The van der Waals surface area contributed by atoms with Crippen LogP contribution < -0.4 is 4.90 Å². The lowest BCUT2D eigenvalue weighted by molar-refractivity contribution is 0.160. The number of rotatable bonds is 0. The minimum atomic E-state index is -0.968. The zero-order valence-electron chi connectivity index (χ0n) is 7.55. The molecule has 1 unspecified atom stereocenters. The van der Waals surface area contributed by atoms with E-state index in [4.69, 9.17) is 5.11 Å². The summed E-state index contributed by atoms with van der Waals surface area (Å²) in [5, 5.41) is 18.6. The van der Waals surface area contributed by atoms with Gasteiger partial charge in [-0.2, -0.15) is 0 Å². The first kappa shape index (κ1) is 9.02. The minimum Gasteiger partial charge on any atom is -0.465 e. The minimum absolute atomic E-state index is 0.355. The van der Waals surface area contributed by atoms with Crippen LogP contribution in [-0.2, 0) is 0 Å². The summed E-state index contributed by atoms with van der Waals surface area (Å²) in [6.07, 6.45) is -1.05. The fourth-order valence-corrected chi connectivity index (χ4v) is 1.74. The standard InChI is InChI=1S/C10H11NO3/c12-9-5-6-11(10(13)14)8-4-2-1-3-7(8)9/h1-4,9,12H,5-6H2,(H,13,14). The zero-order valence-corrected chi connectivity index (χ0v) is 7.55. The van der Waals surface area contributed by atoms with Crippen molar-refractivity contribution in [3.8, 4) is 0 Å². The number of hydrogen-bond acceptors (Lipinski definition) is 2. The average Bonchev–Trinajstić information content (AvgIpc) is 2.18. The summed E-state index contributed by atoms with van der Waals surface area (Å²) in [6, 6.07) is 7.04. The first-order valence-electron chi connectivity index (χ1n) is 4.47. The Morgan fingerprint density at radius 2 is 2.14 bits per heavy atom. The molecule has 0 spiro atoms. The van der Waals surface area contributed by atoms with Gasteiger partial charge in [-0.3, -0.25) is 4.90 Å². The van der Waals surface area contributed by atoms with Crippen LogP contribution in [0.15, 0.2) is 24.3 Å². The van der Waals surface area contributed by atoms with Crippen molar-refractivity contribution in [1.82, 2.24) is 0 Å². The van der Waals surface area contributed by atoms with Crippen molar-refractivity contribution in [2.75, 3.05) is 11.4 Å². The summed E-state index contributed by atoms with van der Waals surface area (Å²) in [4.78, 5) is 12.1. The van der Waals surface area contributed by atoms with Crippen molar-refractivity contribution >= 4 is 11.8 Å². The number of nitrogens with zero attached hydrogens (tertiary/aromatic N) is 1. The zero-order chi connectivity index (χ0) is 10.1. The van der Waals surface area contributed by atoms with Crippen LogP contribution in [0.2, 0.25) is 0 Å². The predicted octanol–water partition coefficient (Wildman–Crippen LogP) is 1.61. The Kier molecular flexibility index (Phi) is 2.13. The molecule has 0 aromatic heterocycles. The molecule has 1 amide bonds. The lowest BCUT2D eigenvalue weighted by atomic mass is 9.99. The molecule has 0 saturated carbocycles. The molecular formula is C10H11NO3. The molecule has 2 rings (SSSR count). The summed E-state index contributed by atoms with van der Waals surface area (Å²) >= 11 is 0. The number of para-hydroxylation sites is 1. The molecule has 0 fully saturated rings. The van der Waals surface area contributed by atoms with Gasteiger partial charge in [-0.1, -0.05) is 18.2 Å². The highest BCUT2D eigenvalue weighted by molar-refractivity contribution is 5.87. The number of benzene rings is 1. The molecule has 1 aliphatic heterocycles. The molecule has 4 heteroatoms. The van der Waals surface area contributed by atoms with E-state index in [9.17, 15) is 9.90 Å². The summed E-state index contributed by atoms with van der Waals surface area (Å²) in [5.74, 6) is 0. The predicted molar refractivity (Wildman–Crippen MR) is 51.4 cm³/mol. The molecule has 1 aromatic rings. The number of aliphatic hydroxyl groups is 1. The van der Waals surface area contributed by atoms with Gasteiger partial charge in [0, 0.05) is 12.1 Å². The fourth-order valence-electron chi connectivity index (χ4n) is 1.74. The second kappa shape index (κ2) is 3.31. The fraction of sp³-hybridized carbons (Fsp3) is 0.300. The van der Waals surface area contributed by atoms with Crippen LogP contribution >= 0.6 is 0 Å². The molecule has 1 heterocycles. The van der Waals surface area contributed by atoms with Gasteiger partial charge >= 0.3 is 6.09 Å². The van der Waals surface area contributed by atoms with Crippen LogP contribution in [0.3, 0.4) is 0 Å². The van der Waals surface area contributed by atoms with Gasteiger partial charge in [0.2, 0.25) is 0 Å². The van der Waals surface area contributed by atoms with Gasteiger partial charge in [0.15, 0.2) is 0 Å². The quantitative estimate of drug-likeness (QED) is 0.658. The Bertz CT molecular complexity index is 364. The van der Waals surface area contributed by atoms with Gasteiger partial charge in [0.05, 0.1) is 11.8 Å². The number of amides is 1. The van der Waals surface area contributed by atoms with E-state index in [1.807, 2.05) is 0 Å². The van der Waals surface area contributed by atoms with Gasteiger partial charge in [-0.15, -0.1) is 0 Å². The van der Waals surface area contributed by atoms with Crippen molar-refractivity contribution in [2.24, 2.45) is 0 Å². The number of carbonyl (C=O) groups is 1. The first-order chi connectivity index (χ1) is 6.70. The van der Waals surface area contributed by atoms with Crippen molar-refractivity contribution in [3.63, 3.8) is 0 Å². The number of aliphatic hydroxyl groups excluding tert-OH is 1. The van der Waals surface area contributed by atoms with Gasteiger partial charge < -0.3 is 10.2 Å². The Morgan fingerprint density at radius 1 is 1.43 bits per heavy atom. The molecule has 14 heavy (non-hydrogen) atoms. The van der Waals surface area contributed by atoms with Crippen molar-refractivity contribution in [1.29, 1.82) is 0 Å². The molecule has 74 valence electrons. The van der Waals surface area contributed by atoms with Crippen LogP contribution in [-0.4, -0.2) is 22.9 Å². The SMILES string of the molecule is O=C(O)N1CCC(O)c2ccccc21. The van der Waals surface area contributed by atoms with Crippen molar-refractivity contribution < 1.29 is 15.0 Å². The normalized spacial score (nSPS) is 20.4.